The fourth-order valence-corrected chi connectivity index (χ4v) is 6.91. The molecule has 2 atom stereocenters. The predicted octanol–water partition coefficient (Wildman–Crippen LogP) is 7.10. The first-order chi connectivity index (χ1) is 24.3. The Kier molecular flexibility index (Phi) is 9.52. The van der Waals surface area contributed by atoms with E-state index in [1.54, 1.807) is 31.3 Å². The highest BCUT2D eigenvalue weighted by Crippen LogP contribution is 2.51. The van der Waals surface area contributed by atoms with Crippen LogP contribution in [0.3, 0.4) is 0 Å². The van der Waals surface area contributed by atoms with Crippen molar-refractivity contribution in [2.75, 3.05) is 5.73 Å². The Balaban J connectivity index is 1.52. The second-order valence-electron chi connectivity index (χ2n) is 13.3. The third kappa shape index (κ3) is 7.18. The molecule has 5 aromatic rings. The SMILES string of the molecule is C[C@H]1CC(F)(F)c2c1c(C(F)F)nn2CC(=O)NC(Cc1cc(F)cc(F)c1)c1nc(C#CC(C)(C)O)ccc1-c1ccc(Cl)c2c(N)nn(C)c12. The summed E-state index contributed by atoms with van der Waals surface area (Å²) in [5, 5.41) is 21.7. The predicted molar refractivity (Wildman–Crippen MR) is 182 cm³/mol. The number of halogens is 7. The lowest BCUT2D eigenvalue weighted by molar-refractivity contribution is -0.122. The molecule has 0 bridgehead atoms. The Bertz CT molecular complexity index is 2270. The lowest BCUT2D eigenvalue weighted by Gasteiger charge is -2.23. The van der Waals surface area contributed by atoms with Crippen LogP contribution in [0.5, 0.6) is 0 Å². The van der Waals surface area contributed by atoms with E-state index in [2.05, 4.69) is 27.4 Å². The molecule has 0 fully saturated rings. The van der Waals surface area contributed by atoms with Gasteiger partial charge >= 0.3 is 0 Å². The number of carbonyl (C=O) groups excluding carboxylic acids is 1. The molecular formula is C36H32ClF6N7O2. The summed E-state index contributed by atoms with van der Waals surface area (Å²) in [5.74, 6) is -1.62. The molecule has 4 N–H and O–H groups in total. The molecule has 3 heterocycles. The summed E-state index contributed by atoms with van der Waals surface area (Å²) in [4.78, 5) is 18.5. The van der Waals surface area contributed by atoms with Crippen molar-refractivity contribution in [2.45, 2.75) is 70.1 Å². The van der Waals surface area contributed by atoms with Gasteiger partial charge in [0.05, 0.1) is 27.7 Å². The number of pyridine rings is 1. The van der Waals surface area contributed by atoms with Crippen LogP contribution < -0.4 is 11.1 Å². The number of nitrogen functional groups attached to an aromatic ring is 1. The van der Waals surface area contributed by atoms with E-state index in [1.165, 1.54) is 25.5 Å². The number of aryl methyl sites for hydroxylation is 1. The molecule has 2 aromatic carbocycles. The highest BCUT2D eigenvalue weighted by atomic mass is 35.5. The van der Waals surface area contributed by atoms with Crippen LogP contribution in [0, 0.1) is 23.5 Å². The summed E-state index contributed by atoms with van der Waals surface area (Å²) in [6.45, 7) is 3.42. The zero-order chi connectivity index (χ0) is 37.9. The maximum Gasteiger partial charge on any atom is 0.290 e. The van der Waals surface area contributed by atoms with Crippen LogP contribution in [-0.2, 0) is 30.7 Å². The minimum atomic E-state index is -3.53. The second kappa shape index (κ2) is 13.5. The van der Waals surface area contributed by atoms with E-state index in [9.17, 15) is 27.5 Å². The molecule has 1 aliphatic rings. The van der Waals surface area contributed by atoms with Gasteiger partial charge in [-0.1, -0.05) is 30.5 Å². The maximum atomic E-state index is 15.1. The van der Waals surface area contributed by atoms with Crippen LogP contribution in [0.2, 0.25) is 5.02 Å². The van der Waals surface area contributed by atoms with Gasteiger partial charge < -0.3 is 16.2 Å². The second-order valence-corrected chi connectivity index (χ2v) is 13.7. The molecule has 3 aromatic heterocycles. The number of aromatic nitrogens is 5. The lowest BCUT2D eigenvalue weighted by Crippen LogP contribution is -2.35. The number of rotatable bonds is 8. The van der Waals surface area contributed by atoms with E-state index >= 15 is 8.78 Å². The van der Waals surface area contributed by atoms with E-state index in [0.717, 1.165) is 12.1 Å². The first-order valence-electron chi connectivity index (χ1n) is 16.0. The summed E-state index contributed by atoms with van der Waals surface area (Å²) in [6.07, 6.45) is -4.17. The van der Waals surface area contributed by atoms with Gasteiger partial charge in [0.15, 0.2) is 5.82 Å². The topological polar surface area (TPSA) is 124 Å². The van der Waals surface area contributed by atoms with Gasteiger partial charge in [0, 0.05) is 36.2 Å². The van der Waals surface area contributed by atoms with Gasteiger partial charge in [-0.3, -0.25) is 14.2 Å². The monoisotopic (exact) mass is 743 g/mol. The molecule has 52 heavy (non-hydrogen) atoms. The molecule has 1 amide bonds. The third-order valence-corrected chi connectivity index (χ3v) is 8.94. The Morgan fingerprint density at radius 2 is 1.79 bits per heavy atom. The van der Waals surface area contributed by atoms with E-state index < -0.39 is 71.8 Å². The van der Waals surface area contributed by atoms with Crippen molar-refractivity contribution in [3.05, 3.63) is 93.0 Å². The molecule has 6 rings (SSSR count). The summed E-state index contributed by atoms with van der Waals surface area (Å²) in [6, 6.07) is 7.98. The van der Waals surface area contributed by atoms with Crippen molar-refractivity contribution in [3.8, 4) is 23.0 Å². The zero-order valence-corrected chi connectivity index (χ0v) is 29.0. The van der Waals surface area contributed by atoms with Gasteiger partial charge in [-0.05, 0) is 68.0 Å². The Hall–Kier alpha value is -5.07. The van der Waals surface area contributed by atoms with Crippen LogP contribution in [0.1, 0.15) is 79.5 Å². The van der Waals surface area contributed by atoms with Crippen molar-refractivity contribution < 1.29 is 36.2 Å². The number of hydrogen-bond acceptors (Lipinski definition) is 6. The number of benzene rings is 2. The summed E-state index contributed by atoms with van der Waals surface area (Å²) in [7, 11) is 1.64. The minimum absolute atomic E-state index is 0.0925. The van der Waals surface area contributed by atoms with Gasteiger partial charge in [0.25, 0.3) is 12.3 Å². The van der Waals surface area contributed by atoms with Gasteiger partial charge in [-0.25, -0.2) is 22.5 Å². The van der Waals surface area contributed by atoms with Crippen molar-refractivity contribution in [3.63, 3.8) is 0 Å². The Morgan fingerprint density at radius 1 is 1.12 bits per heavy atom. The summed E-state index contributed by atoms with van der Waals surface area (Å²) >= 11 is 6.49. The lowest BCUT2D eigenvalue weighted by atomic mass is 9.93. The molecule has 0 radical (unpaired) electrons. The van der Waals surface area contributed by atoms with Crippen molar-refractivity contribution in [1.29, 1.82) is 0 Å². The van der Waals surface area contributed by atoms with Crippen LogP contribution in [0.4, 0.5) is 32.2 Å². The zero-order valence-electron chi connectivity index (χ0n) is 28.2. The number of anilines is 1. The number of aliphatic hydroxyl groups is 1. The first-order valence-corrected chi connectivity index (χ1v) is 16.4. The smallest absolute Gasteiger partial charge is 0.290 e. The van der Waals surface area contributed by atoms with Gasteiger partial charge in [-0.2, -0.15) is 19.0 Å². The molecule has 0 saturated heterocycles. The molecule has 1 unspecified atom stereocenters. The number of alkyl halides is 4. The largest absolute Gasteiger partial charge is 0.382 e. The molecule has 1 aliphatic carbocycles. The molecular weight excluding hydrogens is 712 g/mol. The fourth-order valence-electron chi connectivity index (χ4n) is 6.66. The average molecular weight is 744 g/mol. The fraction of sp³-hybridized carbons (Fsp3) is 0.333. The number of nitrogens with two attached hydrogens (primary N) is 1. The highest BCUT2D eigenvalue weighted by Gasteiger charge is 2.50. The van der Waals surface area contributed by atoms with E-state index in [1.807, 2.05) is 0 Å². The van der Waals surface area contributed by atoms with Crippen LogP contribution in [0.25, 0.3) is 22.0 Å². The van der Waals surface area contributed by atoms with Crippen molar-refractivity contribution >= 4 is 34.2 Å². The molecule has 16 heteroatoms. The van der Waals surface area contributed by atoms with Gasteiger partial charge in [0.1, 0.15) is 40.9 Å². The van der Waals surface area contributed by atoms with Crippen molar-refractivity contribution in [2.24, 2.45) is 7.05 Å². The standard InChI is InChI=1S/C36H32ClF6N7O2/c1-17-15-36(42,43)32-27(17)30(33(40)41)47-50(32)16-26(51)46-25(13-18-11-19(38)14-20(39)12-18)29-22(6-5-21(45-29)9-10-35(2,3)52)23-7-8-24(37)28-31(23)49(4)48-34(28)44/h5-8,11-12,14,17,25,33,52H,13,15-16H2,1-4H3,(H2,44,48)(H,46,51)/t17-,25?/m0/s1. The first kappa shape index (κ1) is 36.7. The molecule has 0 aliphatic heterocycles. The Morgan fingerprint density at radius 3 is 2.44 bits per heavy atom. The summed E-state index contributed by atoms with van der Waals surface area (Å²) < 4.78 is 89.1. The van der Waals surface area contributed by atoms with Crippen LogP contribution >= 0.6 is 11.6 Å². The molecule has 0 saturated carbocycles. The van der Waals surface area contributed by atoms with E-state index in [-0.39, 0.29) is 34.8 Å². The molecule has 272 valence electrons. The quantitative estimate of drug-likeness (QED) is 0.115. The Labute approximate surface area is 298 Å². The third-order valence-electron chi connectivity index (χ3n) is 8.62. The minimum Gasteiger partial charge on any atom is -0.382 e. The summed E-state index contributed by atoms with van der Waals surface area (Å²) in [5.41, 5.74) is 4.54. The van der Waals surface area contributed by atoms with E-state index in [4.69, 9.17) is 22.3 Å². The maximum absolute atomic E-state index is 15.1. The number of nitrogens with zero attached hydrogens (tertiary/aromatic N) is 5. The molecule has 0 spiro atoms. The van der Waals surface area contributed by atoms with Crippen molar-refractivity contribution in [1.82, 2.24) is 29.9 Å². The average Bonchev–Trinajstić information content (AvgIpc) is 3.64. The highest BCUT2D eigenvalue weighted by molar-refractivity contribution is 6.37. The van der Waals surface area contributed by atoms with Crippen LogP contribution in [0.15, 0.2) is 42.5 Å². The van der Waals surface area contributed by atoms with Gasteiger partial charge in [-0.15, -0.1) is 0 Å². The van der Waals surface area contributed by atoms with E-state index in [0.29, 0.717) is 37.8 Å². The number of hydrogen-bond donors (Lipinski definition) is 3. The van der Waals surface area contributed by atoms with Crippen LogP contribution in [-0.4, -0.2) is 41.2 Å². The normalized spacial score (nSPS) is 15.8. The number of carbonyl (C=O) groups is 1. The van der Waals surface area contributed by atoms with Gasteiger partial charge in [0.2, 0.25) is 5.91 Å². The number of fused-ring (bicyclic) bond motifs is 2. The molecule has 9 nitrogen and oxygen atoms in total. The number of amides is 1. The number of nitrogens with one attached hydrogen (secondary N) is 1.